The average molecular weight is 299 g/mol. The predicted octanol–water partition coefficient (Wildman–Crippen LogP) is 2.70. The number of nitrogens with zero attached hydrogens (tertiary/aromatic N) is 2. The van der Waals surface area contributed by atoms with Gasteiger partial charge < -0.3 is 10.1 Å². The normalized spacial score (nSPS) is 11.6. The summed E-state index contributed by atoms with van der Waals surface area (Å²) in [6.07, 6.45) is -3.11. The number of hydrogen-bond acceptors (Lipinski definition) is 3. The van der Waals surface area contributed by atoms with E-state index < -0.39 is 11.9 Å². The molecule has 0 saturated carbocycles. The van der Waals surface area contributed by atoms with Crippen LogP contribution in [-0.4, -0.2) is 23.4 Å². The third-order valence-electron chi connectivity index (χ3n) is 2.85. The second-order valence-corrected chi connectivity index (χ2v) is 4.45. The number of halogens is 3. The lowest BCUT2D eigenvalue weighted by atomic mass is 10.2. The summed E-state index contributed by atoms with van der Waals surface area (Å²) < 4.78 is 44.1. The summed E-state index contributed by atoms with van der Waals surface area (Å²) >= 11 is 0. The van der Waals surface area contributed by atoms with E-state index in [1.165, 1.54) is 10.9 Å². The zero-order valence-corrected chi connectivity index (χ0v) is 11.5. The highest BCUT2D eigenvalue weighted by molar-refractivity contribution is 5.33. The third-order valence-corrected chi connectivity index (χ3v) is 2.85. The molecule has 2 rings (SSSR count). The fourth-order valence-electron chi connectivity index (χ4n) is 1.87. The molecule has 1 N–H and O–H groups in total. The zero-order chi connectivity index (χ0) is 15.3. The summed E-state index contributed by atoms with van der Waals surface area (Å²) in [6, 6.07) is 8.47. The van der Waals surface area contributed by atoms with Crippen LogP contribution in [-0.2, 0) is 19.3 Å². The van der Waals surface area contributed by atoms with Crippen molar-refractivity contribution in [3.63, 3.8) is 0 Å². The van der Waals surface area contributed by atoms with E-state index in [-0.39, 0.29) is 13.2 Å². The highest BCUT2D eigenvalue weighted by Crippen LogP contribution is 2.27. The molecule has 0 aliphatic heterocycles. The predicted molar refractivity (Wildman–Crippen MR) is 71.9 cm³/mol. The van der Waals surface area contributed by atoms with E-state index in [0.29, 0.717) is 6.54 Å². The van der Waals surface area contributed by atoms with Crippen molar-refractivity contribution in [2.45, 2.75) is 19.3 Å². The van der Waals surface area contributed by atoms with Crippen molar-refractivity contribution >= 4 is 0 Å². The Morgan fingerprint density at radius 3 is 2.67 bits per heavy atom. The summed E-state index contributed by atoms with van der Waals surface area (Å²) in [5, 5.41) is 6.50. The first-order valence-electron chi connectivity index (χ1n) is 6.46. The second kappa shape index (κ2) is 6.62. The van der Waals surface area contributed by atoms with E-state index in [2.05, 4.69) is 10.4 Å². The number of aromatic nitrogens is 2. The molecule has 0 saturated heterocycles. The van der Waals surface area contributed by atoms with Gasteiger partial charge in [-0.3, -0.25) is 4.68 Å². The SMILES string of the molecule is CNCc1ccccc1OCCn1ccc(C(F)(F)F)n1. The van der Waals surface area contributed by atoms with E-state index in [1.54, 1.807) is 0 Å². The molecule has 1 aromatic heterocycles. The van der Waals surface area contributed by atoms with E-state index in [4.69, 9.17) is 4.74 Å². The zero-order valence-electron chi connectivity index (χ0n) is 11.5. The Morgan fingerprint density at radius 2 is 2.00 bits per heavy atom. The maximum Gasteiger partial charge on any atom is 0.435 e. The Labute approximate surface area is 120 Å². The van der Waals surface area contributed by atoms with Gasteiger partial charge in [-0.1, -0.05) is 18.2 Å². The van der Waals surface area contributed by atoms with Gasteiger partial charge in [-0.15, -0.1) is 0 Å². The first kappa shape index (κ1) is 15.4. The molecule has 0 fully saturated rings. The number of nitrogens with one attached hydrogen (secondary N) is 1. The summed E-state index contributed by atoms with van der Waals surface area (Å²) in [5.74, 6) is 0.718. The fraction of sp³-hybridized carbons (Fsp3) is 0.357. The first-order chi connectivity index (χ1) is 10.0. The van der Waals surface area contributed by atoms with Crippen LogP contribution in [0.1, 0.15) is 11.3 Å². The van der Waals surface area contributed by atoms with Gasteiger partial charge in [0.05, 0.1) is 6.54 Å². The molecule has 4 nitrogen and oxygen atoms in total. The van der Waals surface area contributed by atoms with Crippen LogP contribution in [0.3, 0.4) is 0 Å². The molecule has 0 aliphatic rings. The van der Waals surface area contributed by atoms with Crippen molar-refractivity contribution in [3.05, 3.63) is 47.8 Å². The summed E-state index contributed by atoms with van der Waals surface area (Å²) in [4.78, 5) is 0. The Morgan fingerprint density at radius 1 is 1.24 bits per heavy atom. The first-order valence-corrected chi connectivity index (χ1v) is 6.46. The number of benzene rings is 1. The van der Waals surface area contributed by atoms with E-state index >= 15 is 0 Å². The molecule has 7 heteroatoms. The van der Waals surface area contributed by atoms with Crippen LogP contribution in [0.25, 0.3) is 0 Å². The molecule has 1 heterocycles. The minimum atomic E-state index is -4.41. The molecular formula is C14H16F3N3O. The topological polar surface area (TPSA) is 39.1 Å². The molecule has 0 amide bonds. The fourth-order valence-corrected chi connectivity index (χ4v) is 1.87. The van der Waals surface area contributed by atoms with Crippen LogP contribution in [0.2, 0.25) is 0 Å². The maximum atomic E-state index is 12.4. The van der Waals surface area contributed by atoms with Crippen LogP contribution in [0, 0.1) is 0 Å². The monoisotopic (exact) mass is 299 g/mol. The standard InChI is InChI=1S/C14H16F3N3O/c1-18-10-11-4-2-3-5-12(11)21-9-8-20-7-6-13(19-20)14(15,16)17/h2-7,18H,8-10H2,1H3. The van der Waals surface area contributed by atoms with E-state index in [0.717, 1.165) is 17.4 Å². The van der Waals surface area contributed by atoms with E-state index in [9.17, 15) is 13.2 Å². The highest BCUT2D eigenvalue weighted by Gasteiger charge is 2.33. The van der Waals surface area contributed by atoms with Crippen LogP contribution in [0.4, 0.5) is 13.2 Å². The van der Waals surface area contributed by atoms with Gasteiger partial charge in [0.25, 0.3) is 0 Å². The molecule has 0 bridgehead atoms. The largest absolute Gasteiger partial charge is 0.491 e. The Bertz CT molecular complexity index is 581. The van der Waals surface area contributed by atoms with Crippen LogP contribution >= 0.6 is 0 Å². The van der Waals surface area contributed by atoms with Crippen LogP contribution < -0.4 is 10.1 Å². The van der Waals surface area contributed by atoms with Gasteiger partial charge in [-0.2, -0.15) is 18.3 Å². The van der Waals surface area contributed by atoms with Gasteiger partial charge in [-0.05, 0) is 19.2 Å². The molecule has 2 aromatic rings. The van der Waals surface area contributed by atoms with Crippen molar-refractivity contribution < 1.29 is 17.9 Å². The number of hydrogen-bond donors (Lipinski definition) is 1. The number of ether oxygens (including phenoxy) is 1. The number of rotatable bonds is 6. The third kappa shape index (κ3) is 4.22. The molecule has 1 aromatic carbocycles. The molecule has 0 unspecified atom stereocenters. The Hall–Kier alpha value is -2.02. The van der Waals surface area contributed by atoms with Gasteiger partial charge in [0.15, 0.2) is 5.69 Å². The maximum absolute atomic E-state index is 12.4. The Balaban J connectivity index is 1.91. The number of para-hydroxylation sites is 1. The van der Waals surface area contributed by atoms with Crippen molar-refractivity contribution in [1.29, 1.82) is 0 Å². The van der Waals surface area contributed by atoms with Crippen molar-refractivity contribution in [3.8, 4) is 5.75 Å². The number of alkyl halides is 3. The van der Waals surface area contributed by atoms with Gasteiger partial charge in [-0.25, -0.2) is 0 Å². The van der Waals surface area contributed by atoms with Crippen molar-refractivity contribution in [2.75, 3.05) is 13.7 Å². The van der Waals surface area contributed by atoms with Crippen molar-refractivity contribution in [1.82, 2.24) is 15.1 Å². The van der Waals surface area contributed by atoms with Gasteiger partial charge >= 0.3 is 6.18 Å². The summed E-state index contributed by atoms with van der Waals surface area (Å²) in [6.45, 7) is 1.17. The van der Waals surface area contributed by atoms with Crippen LogP contribution in [0.15, 0.2) is 36.5 Å². The average Bonchev–Trinajstić information content (AvgIpc) is 2.90. The second-order valence-electron chi connectivity index (χ2n) is 4.45. The van der Waals surface area contributed by atoms with Crippen LogP contribution in [0.5, 0.6) is 5.75 Å². The molecule has 0 radical (unpaired) electrons. The van der Waals surface area contributed by atoms with Crippen molar-refractivity contribution in [2.24, 2.45) is 0 Å². The highest BCUT2D eigenvalue weighted by atomic mass is 19.4. The van der Waals surface area contributed by atoms with Gasteiger partial charge in [0, 0.05) is 18.3 Å². The minimum absolute atomic E-state index is 0.250. The molecular weight excluding hydrogens is 283 g/mol. The molecule has 0 spiro atoms. The molecule has 114 valence electrons. The van der Waals surface area contributed by atoms with E-state index in [1.807, 2.05) is 31.3 Å². The quantitative estimate of drug-likeness (QED) is 0.891. The molecule has 21 heavy (non-hydrogen) atoms. The smallest absolute Gasteiger partial charge is 0.435 e. The van der Waals surface area contributed by atoms with Gasteiger partial charge in [0.2, 0.25) is 0 Å². The molecule has 0 aliphatic carbocycles. The van der Waals surface area contributed by atoms with Gasteiger partial charge in [0.1, 0.15) is 12.4 Å². The summed E-state index contributed by atoms with van der Waals surface area (Å²) in [5.41, 5.74) is 0.106. The lowest BCUT2D eigenvalue weighted by molar-refractivity contribution is -0.141. The summed E-state index contributed by atoms with van der Waals surface area (Å²) in [7, 11) is 1.83. The minimum Gasteiger partial charge on any atom is -0.491 e. The lowest BCUT2D eigenvalue weighted by Crippen LogP contribution is -2.13. The Kier molecular flexibility index (Phi) is 4.85. The molecule has 0 atom stereocenters. The lowest BCUT2D eigenvalue weighted by Gasteiger charge is -2.11.